The molecule has 0 amide bonds. The molecule has 0 N–H and O–H groups in total. The van der Waals surface area contributed by atoms with Gasteiger partial charge in [0.2, 0.25) is 0 Å². The van der Waals surface area contributed by atoms with Gasteiger partial charge in [0.1, 0.15) is 6.07 Å². The summed E-state index contributed by atoms with van der Waals surface area (Å²) in [5.74, 6) is 0. The SMILES string of the molecule is CCC=Nc1ccccc1C#N. The minimum absolute atomic E-state index is 0.627. The van der Waals surface area contributed by atoms with Gasteiger partial charge in [-0.3, -0.25) is 4.99 Å². The molecule has 60 valence electrons. The van der Waals surface area contributed by atoms with Crippen LogP contribution < -0.4 is 0 Å². The lowest BCUT2D eigenvalue weighted by Gasteiger charge is -1.94. The fourth-order valence-corrected chi connectivity index (χ4v) is 0.870. The fraction of sp³-hybridized carbons (Fsp3) is 0.200. The molecule has 0 saturated heterocycles. The van der Waals surface area contributed by atoms with Crippen molar-refractivity contribution in [1.82, 2.24) is 0 Å². The molecule has 0 fully saturated rings. The lowest BCUT2D eigenvalue weighted by molar-refractivity contribution is 1.31. The van der Waals surface area contributed by atoms with Crippen LogP contribution >= 0.6 is 0 Å². The predicted molar refractivity (Wildman–Crippen MR) is 49.6 cm³/mol. The summed E-state index contributed by atoms with van der Waals surface area (Å²) in [7, 11) is 0. The van der Waals surface area contributed by atoms with E-state index >= 15 is 0 Å². The zero-order valence-electron chi connectivity index (χ0n) is 6.99. The van der Waals surface area contributed by atoms with Crippen LogP contribution in [0.3, 0.4) is 0 Å². The number of rotatable bonds is 2. The molecule has 0 spiro atoms. The second-order valence-electron chi connectivity index (χ2n) is 2.35. The molecule has 2 nitrogen and oxygen atoms in total. The Labute approximate surface area is 72.2 Å². The van der Waals surface area contributed by atoms with Crippen molar-refractivity contribution in [1.29, 1.82) is 5.26 Å². The Hall–Kier alpha value is -1.62. The van der Waals surface area contributed by atoms with Crippen LogP contribution in [0.5, 0.6) is 0 Å². The summed E-state index contributed by atoms with van der Waals surface area (Å²) in [6.07, 6.45) is 2.69. The van der Waals surface area contributed by atoms with Gasteiger partial charge in [-0.2, -0.15) is 5.26 Å². The van der Waals surface area contributed by atoms with Crippen molar-refractivity contribution in [2.75, 3.05) is 0 Å². The third-order valence-electron chi connectivity index (χ3n) is 1.44. The lowest BCUT2D eigenvalue weighted by Crippen LogP contribution is -1.75. The molecule has 0 aliphatic carbocycles. The number of aliphatic imine (C=N–C) groups is 1. The number of nitriles is 1. The van der Waals surface area contributed by atoms with Crippen LogP contribution in [0.4, 0.5) is 5.69 Å². The van der Waals surface area contributed by atoms with E-state index < -0.39 is 0 Å². The molecule has 12 heavy (non-hydrogen) atoms. The molecule has 1 rings (SSSR count). The van der Waals surface area contributed by atoms with Gasteiger partial charge in [-0.25, -0.2) is 0 Å². The summed E-state index contributed by atoms with van der Waals surface area (Å²) in [6, 6.07) is 9.41. The molecule has 0 aliphatic rings. The largest absolute Gasteiger partial charge is 0.260 e. The first-order valence-electron chi connectivity index (χ1n) is 3.90. The molecule has 1 aromatic rings. The van der Waals surface area contributed by atoms with Crippen LogP contribution in [0, 0.1) is 11.3 Å². The maximum atomic E-state index is 8.69. The number of hydrogen-bond donors (Lipinski definition) is 0. The first-order chi connectivity index (χ1) is 5.88. The molecule has 0 aromatic heterocycles. The van der Waals surface area contributed by atoms with E-state index in [1.54, 1.807) is 12.3 Å². The maximum Gasteiger partial charge on any atom is 0.101 e. The van der Waals surface area contributed by atoms with Crippen molar-refractivity contribution in [3.8, 4) is 6.07 Å². The van der Waals surface area contributed by atoms with Crippen molar-refractivity contribution < 1.29 is 0 Å². The highest BCUT2D eigenvalue weighted by Crippen LogP contribution is 2.16. The Morgan fingerprint density at radius 2 is 2.25 bits per heavy atom. The van der Waals surface area contributed by atoms with Crippen LogP contribution in [0.25, 0.3) is 0 Å². The Morgan fingerprint density at radius 1 is 1.50 bits per heavy atom. The molecule has 0 radical (unpaired) electrons. The van der Waals surface area contributed by atoms with Gasteiger partial charge in [-0.05, 0) is 18.6 Å². The summed E-state index contributed by atoms with van der Waals surface area (Å²) in [6.45, 7) is 2.01. The predicted octanol–water partition coefficient (Wildman–Crippen LogP) is 2.67. The van der Waals surface area contributed by atoms with Crippen molar-refractivity contribution in [3.63, 3.8) is 0 Å². The van der Waals surface area contributed by atoms with Gasteiger partial charge in [-0.1, -0.05) is 19.1 Å². The van der Waals surface area contributed by atoms with Gasteiger partial charge in [0.25, 0.3) is 0 Å². The van der Waals surface area contributed by atoms with E-state index in [9.17, 15) is 0 Å². The molecule has 0 saturated carbocycles. The average Bonchev–Trinajstić information content (AvgIpc) is 2.15. The van der Waals surface area contributed by atoms with E-state index in [4.69, 9.17) is 5.26 Å². The number of nitrogens with zero attached hydrogens (tertiary/aromatic N) is 2. The highest BCUT2D eigenvalue weighted by molar-refractivity contribution is 5.66. The van der Waals surface area contributed by atoms with Crippen LogP contribution in [0.2, 0.25) is 0 Å². The monoisotopic (exact) mass is 158 g/mol. The summed E-state index contributed by atoms with van der Waals surface area (Å²) in [5.41, 5.74) is 1.38. The second-order valence-corrected chi connectivity index (χ2v) is 2.35. The first-order valence-corrected chi connectivity index (χ1v) is 3.90. The normalized spacial score (nSPS) is 10.0. The van der Waals surface area contributed by atoms with E-state index in [1.807, 2.05) is 25.1 Å². The van der Waals surface area contributed by atoms with E-state index in [0.29, 0.717) is 5.56 Å². The van der Waals surface area contributed by atoms with E-state index in [-0.39, 0.29) is 0 Å². The summed E-state index contributed by atoms with van der Waals surface area (Å²) in [5, 5.41) is 8.69. The van der Waals surface area contributed by atoms with E-state index in [2.05, 4.69) is 11.1 Å². The zero-order chi connectivity index (χ0) is 8.81. The van der Waals surface area contributed by atoms with Gasteiger partial charge in [0.05, 0.1) is 11.3 Å². The Morgan fingerprint density at radius 3 is 2.92 bits per heavy atom. The van der Waals surface area contributed by atoms with Crippen molar-refractivity contribution in [2.45, 2.75) is 13.3 Å². The summed E-state index contributed by atoms with van der Waals surface area (Å²) >= 11 is 0. The molecule has 0 unspecified atom stereocenters. The fourth-order valence-electron chi connectivity index (χ4n) is 0.870. The number of hydrogen-bond acceptors (Lipinski definition) is 2. The minimum Gasteiger partial charge on any atom is -0.260 e. The van der Waals surface area contributed by atoms with Crippen molar-refractivity contribution in [2.24, 2.45) is 4.99 Å². The van der Waals surface area contributed by atoms with E-state index in [1.165, 1.54) is 0 Å². The van der Waals surface area contributed by atoms with Crippen molar-refractivity contribution in [3.05, 3.63) is 29.8 Å². The average molecular weight is 158 g/mol. The van der Waals surface area contributed by atoms with Gasteiger partial charge in [-0.15, -0.1) is 0 Å². The molecule has 0 aliphatic heterocycles. The highest BCUT2D eigenvalue weighted by Gasteiger charge is 1.95. The van der Waals surface area contributed by atoms with Crippen molar-refractivity contribution >= 4 is 11.9 Å². The topological polar surface area (TPSA) is 36.1 Å². The van der Waals surface area contributed by atoms with Crippen LogP contribution in [-0.2, 0) is 0 Å². The van der Waals surface area contributed by atoms with Gasteiger partial charge >= 0.3 is 0 Å². The smallest absolute Gasteiger partial charge is 0.101 e. The minimum atomic E-state index is 0.627. The molecule has 1 aromatic carbocycles. The molecule has 0 atom stereocenters. The molecular weight excluding hydrogens is 148 g/mol. The third-order valence-corrected chi connectivity index (χ3v) is 1.44. The van der Waals surface area contributed by atoms with Gasteiger partial charge in [0.15, 0.2) is 0 Å². The Kier molecular flexibility index (Phi) is 3.04. The zero-order valence-corrected chi connectivity index (χ0v) is 6.99. The summed E-state index contributed by atoms with van der Waals surface area (Å²) in [4.78, 5) is 4.15. The quantitative estimate of drug-likeness (QED) is 0.609. The number of benzene rings is 1. The molecule has 0 bridgehead atoms. The standard InChI is InChI=1S/C10H10N2/c1-2-7-12-10-6-4-3-5-9(10)8-11/h3-7H,2H2,1H3. The first kappa shape index (κ1) is 8.48. The van der Waals surface area contributed by atoms with Crippen LogP contribution in [0.1, 0.15) is 18.9 Å². The lowest BCUT2D eigenvalue weighted by atomic mass is 10.2. The van der Waals surface area contributed by atoms with Crippen LogP contribution in [-0.4, -0.2) is 6.21 Å². The Bertz CT molecular complexity index is 321. The number of para-hydroxylation sites is 1. The van der Waals surface area contributed by atoms with Crippen LogP contribution in [0.15, 0.2) is 29.3 Å². The van der Waals surface area contributed by atoms with Gasteiger partial charge < -0.3 is 0 Å². The molecule has 2 heteroatoms. The highest BCUT2D eigenvalue weighted by atomic mass is 14.7. The maximum absolute atomic E-state index is 8.69. The second kappa shape index (κ2) is 4.30. The van der Waals surface area contributed by atoms with Gasteiger partial charge in [0, 0.05) is 6.21 Å². The third kappa shape index (κ3) is 1.93. The Balaban J connectivity index is 2.99. The van der Waals surface area contributed by atoms with E-state index in [0.717, 1.165) is 12.1 Å². The molecule has 0 heterocycles. The summed E-state index contributed by atoms with van der Waals surface area (Å²) < 4.78 is 0. The molecular formula is C10H10N2.